The minimum atomic E-state index is -0.372. The highest BCUT2D eigenvalue weighted by Crippen LogP contribution is 2.24. The van der Waals surface area contributed by atoms with Crippen LogP contribution < -0.4 is 10.1 Å². The number of rotatable bonds is 6. The van der Waals surface area contributed by atoms with E-state index in [-0.39, 0.29) is 12.1 Å². The number of aliphatic hydroxyl groups is 1. The molecule has 0 saturated carbocycles. The minimum absolute atomic E-state index is 0.0525. The van der Waals surface area contributed by atoms with E-state index in [2.05, 4.69) is 15.3 Å². The quantitative estimate of drug-likeness (QED) is 0.791. The number of hydrogen-bond acceptors (Lipinski definition) is 5. The van der Waals surface area contributed by atoms with Crippen LogP contribution in [0.5, 0.6) is 5.88 Å². The predicted octanol–water partition coefficient (Wildman–Crippen LogP) is 1.76. The van der Waals surface area contributed by atoms with Gasteiger partial charge in [-0.15, -0.1) is 0 Å². The van der Waals surface area contributed by atoms with Crippen molar-refractivity contribution in [2.45, 2.75) is 39.7 Å². The summed E-state index contributed by atoms with van der Waals surface area (Å²) in [5.41, 5.74) is 0.491. The number of anilines is 1. The molecule has 0 bridgehead atoms. The van der Waals surface area contributed by atoms with Gasteiger partial charge < -0.3 is 15.2 Å². The molecule has 1 heterocycles. The predicted molar refractivity (Wildman–Crippen MR) is 67.3 cm³/mol. The van der Waals surface area contributed by atoms with Gasteiger partial charge in [0.2, 0.25) is 5.88 Å². The Morgan fingerprint density at radius 3 is 2.65 bits per heavy atom. The summed E-state index contributed by atoms with van der Waals surface area (Å²) in [7, 11) is 0. The fraction of sp³-hybridized carbons (Fsp3) is 0.667. The fourth-order valence-electron chi connectivity index (χ4n) is 1.37. The van der Waals surface area contributed by atoms with Crippen molar-refractivity contribution in [1.82, 2.24) is 9.97 Å². The maximum atomic E-state index is 9.37. The lowest BCUT2D eigenvalue weighted by molar-refractivity contribution is 0.218. The molecule has 96 valence electrons. The van der Waals surface area contributed by atoms with Crippen LogP contribution in [0.3, 0.4) is 0 Å². The summed E-state index contributed by atoms with van der Waals surface area (Å²) in [6.45, 7) is 8.41. The van der Waals surface area contributed by atoms with Gasteiger partial charge >= 0.3 is 0 Å². The van der Waals surface area contributed by atoms with Crippen LogP contribution in [-0.2, 0) is 0 Å². The second-order valence-corrected chi connectivity index (χ2v) is 4.28. The second kappa shape index (κ2) is 5.82. The van der Waals surface area contributed by atoms with Gasteiger partial charge in [-0.1, -0.05) is 6.92 Å². The number of nitrogens with zero attached hydrogens (tertiary/aromatic N) is 2. The zero-order valence-electron chi connectivity index (χ0n) is 10.9. The average molecular weight is 239 g/mol. The lowest BCUT2D eigenvalue weighted by atomic mass is 10.00. The van der Waals surface area contributed by atoms with Crippen molar-refractivity contribution in [2.24, 2.45) is 0 Å². The van der Waals surface area contributed by atoms with Gasteiger partial charge in [-0.05, 0) is 27.2 Å². The Labute approximate surface area is 102 Å². The zero-order chi connectivity index (χ0) is 12.9. The molecule has 0 spiro atoms. The molecule has 0 aliphatic carbocycles. The Hall–Kier alpha value is -1.36. The molecule has 1 unspecified atom stereocenters. The molecule has 1 atom stereocenters. The first-order chi connectivity index (χ1) is 8.06. The molecular formula is C12H21N3O2. The summed E-state index contributed by atoms with van der Waals surface area (Å²) in [5, 5.41) is 12.6. The molecule has 0 fully saturated rings. The van der Waals surface area contributed by atoms with Crippen molar-refractivity contribution >= 4 is 5.82 Å². The first kappa shape index (κ1) is 13.7. The number of aromatic nitrogens is 2. The van der Waals surface area contributed by atoms with Crippen LogP contribution in [0, 0.1) is 6.92 Å². The van der Waals surface area contributed by atoms with Crippen LogP contribution in [0.15, 0.2) is 6.33 Å². The van der Waals surface area contributed by atoms with Crippen molar-refractivity contribution in [2.75, 3.05) is 18.5 Å². The van der Waals surface area contributed by atoms with E-state index in [9.17, 15) is 5.11 Å². The third kappa shape index (κ3) is 3.30. The Bertz CT molecular complexity index is 365. The molecule has 0 aliphatic heterocycles. The number of aliphatic hydroxyl groups excluding tert-OH is 1. The largest absolute Gasteiger partial charge is 0.478 e. The molecule has 0 aliphatic rings. The van der Waals surface area contributed by atoms with Crippen molar-refractivity contribution in [3.05, 3.63) is 11.9 Å². The Morgan fingerprint density at radius 2 is 2.12 bits per heavy atom. The number of hydrogen-bond donors (Lipinski definition) is 2. The first-order valence-corrected chi connectivity index (χ1v) is 5.89. The zero-order valence-corrected chi connectivity index (χ0v) is 10.9. The van der Waals surface area contributed by atoms with E-state index in [1.807, 2.05) is 27.7 Å². The lowest BCUT2D eigenvalue weighted by Crippen LogP contribution is -2.38. The summed E-state index contributed by atoms with van der Waals surface area (Å²) in [6.07, 6.45) is 2.27. The highest BCUT2D eigenvalue weighted by molar-refractivity contribution is 5.49. The van der Waals surface area contributed by atoms with Gasteiger partial charge in [0.05, 0.1) is 24.3 Å². The van der Waals surface area contributed by atoms with E-state index < -0.39 is 0 Å². The van der Waals surface area contributed by atoms with Crippen LogP contribution in [-0.4, -0.2) is 33.8 Å². The molecule has 1 aromatic rings. The summed E-state index contributed by atoms with van der Waals surface area (Å²) in [5.74, 6) is 1.29. The molecule has 0 amide bonds. The van der Waals surface area contributed by atoms with Crippen LogP contribution >= 0.6 is 0 Å². The molecule has 0 radical (unpaired) electrons. The van der Waals surface area contributed by atoms with Crippen LogP contribution in [0.1, 0.15) is 32.8 Å². The SMILES string of the molecule is CCOc1ncnc(NC(C)(CC)CO)c1C. The smallest absolute Gasteiger partial charge is 0.221 e. The molecule has 1 aromatic heterocycles. The average Bonchev–Trinajstić information content (AvgIpc) is 2.34. The van der Waals surface area contributed by atoms with Crippen LogP contribution in [0.4, 0.5) is 5.82 Å². The molecule has 0 aromatic carbocycles. The highest BCUT2D eigenvalue weighted by Gasteiger charge is 2.22. The summed E-state index contributed by atoms with van der Waals surface area (Å²) in [6, 6.07) is 0. The Morgan fingerprint density at radius 1 is 1.41 bits per heavy atom. The van der Waals surface area contributed by atoms with E-state index >= 15 is 0 Å². The van der Waals surface area contributed by atoms with E-state index in [1.165, 1.54) is 6.33 Å². The van der Waals surface area contributed by atoms with E-state index in [1.54, 1.807) is 0 Å². The summed E-state index contributed by atoms with van der Waals surface area (Å²) >= 11 is 0. The Kier molecular flexibility index (Phi) is 4.69. The number of nitrogens with one attached hydrogen (secondary N) is 1. The minimum Gasteiger partial charge on any atom is -0.478 e. The van der Waals surface area contributed by atoms with Gasteiger partial charge in [0.15, 0.2) is 0 Å². The van der Waals surface area contributed by atoms with Crippen molar-refractivity contribution in [1.29, 1.82) is 0 Å². The monoisotopic (exact) mass is 239 g/mol. The molecule has 1 rings (SSSR count). The molecule has 2 N–H and O–H groups in total. The van der Waals surface area contributed by atoms with Crippen molar-refractivity contribution in [3.63, 3.8) is 0 Å². The van der Waals surface area contributed by atoms with Gasteiger partial charge in [0, 0.05) is 0 Å². The number of ether oxygens (including phenoxy) is 1. The maximum absolute atomic E-state index is 9.37. The van der Waals surface area contributed by atoms with Gasteiger partial charge in [-0.25, -0.2) is 9.97 Å². The topological polar surface area (TPSA) is 67.3 Å². The molecular weight excluding hydrogens is 218 g/mol. The van der Waals surface area contributed by atoms with Crippen LogP contribution in [0.2, 0.25) is 0 Å². The van der Waals surface area contributed by atoms with E-state index in [4.69, 9.17) is 4.74 Å². The summed E-state index contributed by atoms with van der Waals surface area (Å²) < 4.78 is 5.41. The van der Waals surface area contributed by atoms with Gasteiger partial charge in [0.25, 0.3) is 0 Å². The molecule has 5 nitrogen and oxygen atoms in total. The maximum Gasteiger partial charge on any atom is 0.221 e. The Balaban J connectivity index is 2.95. The fourth-order valence-corrected chi connectivity index (χ4v) is 1.37. The third-order valence-corrected chi connectivity index (χ3v) is 2.87. The van der Waals surface area contributed by atoms with E-state index in [0.717, 1.165) is 12.0 Å². The van der Waals surface area contributed by atoms with Gasteiger partial charge in [-0.2, -0.15) is 0 Å². The third-order valence-electron chi connectivity index (χ3n) is 2.87. The second-order valence-electron chi connectivity index (χ2n) is 4.28. The lowest BCUT2D eigenvalue weighted by Gasteiger charge is -2.28. The normalized spacial score (nSPS) is 14.2. The van der Waals surface area contributed by atoms with Crippen molar-refractivity contribution < 1.29 is 9.84 Å². The van der Waals surface area contributed by atoms with Gasteiger partial charge in [-0.3, -0.25) is 0 Å². The highest BCUT2D eigenvalue weighted by atomic mass is 16.5. The van der Waals surface area contributed by atoms with Gasteiger partial charge in [0.1, 0.15) is 12.1 Å². The van der Waals surface area contributed by atoms with Crippen LogP contribution in [0.25, 0.3) is 0 Å². The first-order valence-electron chi connectivity index (χ1n) is 5.89. The standard InChI is InChI=1S/C12H21N3O2/c1-5-12(4,7-16)15-10-9(3)11(17-6-2)14-8-13-10/h8,16H,5-7H2,1-4H3,(H,13,14,15). The molecule has 17 heavy (non-hydrogen) atoms. The summed E-state index contributed by atoms with van der Waals surface area (Å²) in [4.78, 5) is 8.26. The molecule has 0 saturated heterocycles. The van der Waals surface area contributed by atoms with Crippen molar-refractivity contribution in [3.8, 4) is 5.88 Å². The van der Waals surface area contributed by atoms with E-state index in [0.29, 0.717) is 18.3 Å². The molecule has 5 heteroatoms.